The van der Waals surface area contributed by atoms with E-state index < -0.39 is 39.6 Å². The molecule has 3 aromatic rings. The molecule has 0 aliphatic carbocycles. The maximum Gasteiger partial charge on any atom is 0.236 e. The minimum Gasteiger partial charge on any atom is -0.368 e. The number of pyridine rings is 1. The van der Waals surface area contributed by atoms with Crippen LogP contribution in [0.4, 0.5) is 4.39 Å². The highest BCUT2D eigenvalue weighted by atomic mass is 32.2. The first-order valence-corrected chi connectivity index (χ1v) is 15.4. The average Bonchev–Trinajstić information content (AvgIpc) is 2.90. The molecule has 0 aliphatic heterocycles. The molecule has 3 atom stereocenters. The molecule has 1 aromatic heterocycles. The molecule has 0 spiro atoms. The van der Waals surface area contributed by atoms with Crippen LogP contribution < -0.4 is 5.73 Å². The average molecular weight is 583 g/mol. The van der Waals surface area contributed by atoms with Crippen molar-refractivity contribution in [3.05, 3.63) is 102 Å². The number of carbonyl (C=O) groups is 2. The van der Waals surface area contributed by atoms with Crippen molar-refractivity contribution in [1.82, 2.24) is 14.2 Å². The Morgan fingerprint density at radius 2 is 1.49 bits per heavy atom. The zero-order valence-electron chi connectivity index (χ0n) is 24.1. The maximum absolute atomic E-state index is 14.6. The molecule has 41 heavy (non-hydrogen) atoms. The van der Waals surface area contributed by atoms with Gasteiger partial charge in [-0.3, -0.25) is 14.6 Å². The van der Waals surface area contributed by atoms with Crippen molar-refractivity contribution in [2.45, 2.75) is 64.1 Å². The Morgan fingerprint density at radius 3 is 2.00 bits per heavy atom. The molecular weight excluding hydrogens is 543 g/mol. The second kappa shape index (κ2) is 13.8. The van der Waals surface area contributed by atoms with Crippen LogP contribution in [-0.4, -0.2) is 65.3 Å². The molecule has 0 saturated heterocycles. The first kappa shape index (κ1) is 31.9. The van der Waals surface area contributed by atoms with E-state index in [1.165, 1.54) is 18.2 Å². The standard InChI is InChI=1S/C31H39FN4O4S/c1-21(2)36(22(3)4)31(38)29(25-15-11-17-34-19-25)26(23-12-7-6-8-13-23)20-35(41(5,39)40)28(30(33)37)18-24-14-9-10-16-27(24)32/h6-17,19,21-22,26,28-29H,18,20H2,1-5H3,(H2,33,37)/t26?,28-,29?/m0/s1. The summed E-state index contributed by atoms with van der Waals surface area (Å²) >= 11 is 0. The van der Waals surface area contributed by atoms with Gasteiger partial charge in [0.2, 0.25) is 21.8 Å². The highest BCUT2D eigenvalue weighted by molar-refractivity contribution is 7.88. The largest absolute Gasteiger partial charge is 0.368 e. The minimum atomic E-state index is -4.07. The van der Waals surface area contributed by atoms with Crippen LogP contribution in [0.2, 0.25) is 0 Å². The molecule has 2 aromatic carbocycles. The number of rotatable bonds is 13. The van der Waals surface area contributed by atoms with Gasteiger partial charge < -0.3 is 10.6 Å². The van der Waals surface area contributed by atoms with Crippen LogP contribution >= 0.6 is 0 Å². The van der Waals surface area contributed by atoms with Gasteiger partial charge in [-0.05, 0) is 56.5 Å². The van der Waals surface area contributed by atoms with Crippen LogP contribution in [0, 0.1) is 5.82 Å². The third-order valence-electron chi connectivity index (χ3n) is 7.16. The second-order valence-corrected chi connectivity index (χ2v) is 12.7. The highest BCUT2D eigenvalue weighted by Gasteiger charge is 2.41. The summed E-state index contributed by atoms with van der Waals surface area (Å²) in [4.78, 5) is 33.2. The summed E-state index contributed by atoms with van der Waals surface area (Å²) in [5.41, 5.74) is 7.23. The number of aromatic nitrogens is 1. The molecule has 10 heteroatoms. The molecule has 0 fully saturated rings. The molecule has 1 heterocycles. The van der Waals surface area contributed by atoms with Crippen molar-refractivity contribution in [3.8, 4) is 0 Å². The van der Waals surface area contributed by atoms with Gasteiger partial charge in [0.1, 0.15) is 11.9 Å². The molecule has 3 rings (SSSR count). The lowest BCUT2D eigenvalue weighted by Crippen LogP contribution is -2.52. The predicted molar refractivity (Wildman–Crippen MR) is 158 cm³/mol. The minimum absolute atomic E-state index is 0.136. The summed E-state index contributed by atoms with van der Waals surface area (Å²) in [6.07, 6.45) is 3.94. The van der Waals surface area contributed by atoms with Gasteiger partial charge in [0.05, 0.1) is 12.2 Å². The van der Waals surface area contributed by atoms with Gasteiger partial charge in [-0.1, -0.05) is 54.6 Å². The first-order valence-electron chi connectivity index (χ1n) is 13.6. The van der Waals surface area contributed by atoms with E-state index in [0.717, 1.165) is 10.6 Å². The van der Waals surface area contributed by atoms with Crippen LogP contribution in [0.1, 0.15) is 56.2 Å². The molecule has 2 unspecified atom stereocenters. The SMILES string of the molecule is CC(C)N(C(=O)C(c1cccnc1)C(CN([C@@H](Cc1ccccc1F)C(N)=O)S(C)(=O)=O)c1ccccc1)C(C)C. The van der Waals surface area contributed by atoms with Gasteiger partial charge in [-0.25, -0.2) is 12.8 Å². The number of primary amides is 1. The number of benzene rings is 2. The van der Waals surface area contributed by atoms with Crippen molar-refractivity contribution in [3.63, 3.8) is 0 Å². The van der Waals surface area contributed by atoms with Crippen LogP contribution in [0.15, 0.2) is 79.1 Å². The predicted octanol–water partition coefficient (Wildman–Crippen LogP) is 4.09. The number of hydrogen-bond acceptors (Lipinski definition) is 5. The van der Waals surface area contributed by atoms with E-state index in [0.29, 0.717) is 11.1 Å². The number of sulfonamides is 1. The zero-order valence-corrected chi connectivity index (χ0v) is 25.0. The molecule has 0 bridgehead atoms. The van der Waals surface area contributed by atoms with Crippen molar-refractivity contribution in [2.75, 3.05) is 12.8 Å². The lowest BCUT2D eigenvalue weighted by Gasteiger charge is -2.39. The van der Waals surface area contributed by atoms with E-state index in [4.69, 9.17) is 5.73 Å². The number of nitrogens with two attached hydrogens (primary N) is 1. The van der Waals surface area contributed by atoms with Crippen molar-refractivity contribution >= 4 is 21.8 Å². The smallest absolute Gasteiger partial charge is 0.236 e. The van der Waals surface area contributed by atoms with Crippen molar-refractivity contribution in [1.29, 1.82) is 0 Å². The van der Waals surface area contributed by atoms with E-state index in [-0.39, 0.29) is 36.5 Å². The Kier molecular flexibility index (Phi) is 10.8. The summed E-state index contributed by atoms with van der Waals surface area (Å²) in [7, 11) is -4.07. The molecule has 8 nitrogen and oxygen atoms in total. The van der Waals surface area contributed by atoms with Crippen LogP contribution in [0.5, 0.6) is 0 Å². The molecule has 0 radical (unpaired) electrons. The van der Waals surface area contributed by atoms with Crippen molar-refractivity contribution < 1.29 is 22.4 Å². The zero-order chi connectivity index (χ0) is 30.3. The van der Waals surface area contributed by atoms with Gasteiger partial charge in [0, 0.05) is 43.4 Å². The maximum atomic E-state index is 14.6. The number of halogens is 1. The second-order valence-electron chi connectivity index (χ2n) is 10.8. The Hall–Kier alpha value is -3.63. The van der Waals surface area contributed by atoms with Crippen LogP contribution in [0.25, 0.3) is 0 Å². The van der Waals surface area contributed by atoms with Gasteiger partial charge in [0.25, 0.3) is 0 Å². The Balaban J connectivity index is 2.22. The Labute approximate surface area is 242 Å². The molecule has 0 saturated carbocycles. The topological polar surface area (TPSA) is 114 Å². The molecule has 2 amide bonds. The van der Waals surface area contributed by atoms with E-state index in [1.54, 1.807) is 35.5 Å². The van der Waals surface area contributed by atoms with Gasteiger partial charge in [-0.15, -0.1) is 0 Å². The number of amides is 2. The van der Waals surface area contributed by atoms with E-state index in [1.807, 2.05) is 58.0 Å². The van der Waals surface area contributed by atoms with Crippen LogP contribution in [0.3, 0.4) is 0 Å². The molecular formula is C31H39FN4O4S. The van der Waals surface area contributed by atoms with Gasteiger partial charge in [-0.2, -0.15) is 4.31 Å². The molecule has 0 aliphatic rings. The fourth-order valence-electron chi connectivity index (χ4n) is 5.38. The highest BCUT2D eigenvalue weighted by Crippen LogP contribution is 2.37. The summed E-state index contributed by atoms with van der Waals surface area (Å²) < 4.78 is 42.3. The molecule has 2 N–H and O–H groups in total. The lowest BCUT2D eigenvalue weighted by atomic mass is 9.80. The van der Waals surface area contributed by atoms with Crippen molar-refractivity contribution in [2.24, 2.45) is 5.73 Å². The number of hydrogen-bond donors (Lipinski definition) is 1. The van der Waals surface area contributed by atoms with Gasteiger partial charge >= 0.3 is 0 Å². The van der Waals surface area contributed by atoms with E-state index in [9.17, 15) is 22.4 Å². The summed E-state index contributed by atoms with van der Waals surface area (Å²) in [5.74, 6) is -3.26. The normalized spacial score (nSPS) is 14.2. The van der Waals surface area contributed by atoms with Gasteiger partial charge in [0.15, 0.2) is 0 Å². The molecule has 220 valence electrons. The number of nitrogens with zero attached hydrogens (tertiary/aromatic N) is 3. The first-order chi connectivity index (χ1) is 19.3. The quantitative estimate of drug-likeness (QED) is 0.326. The fraction of sp³-hybridized carbons (Fsp3) is 0.387. The third-order valence-corrected chi connectivity index (χ3v) is 8.41. The van der Waals surface area contributed by atoms with E-state index >= 15 is 0 Å². The monoisotopic (exact) mass is 582 g/mol. The summed E-state index contributed by atoms with van der Waals surface area (Å²) in [6, 6.07) is 16.8. The fourth-order valence-corrected chi connectivity index (χ4v) is 6.45. The summed E-state index contributed by atoms with van der Waals surface area (Å²) in [5, 5.41) is 0. The van der Waals surface area contributed by atoms with Crippen LogP contribution in [-0.2, 0) is 26.0 Å². The number of carbonyl (C=O) groups excluding carboxylic acids is 2. The Morgan fingerprint density at radius 1 is 0.902 bits per heavy atom. The third kappa shape index (κ3) is 7.98. The Bertz CT molecular complexity index is 1410. The summed E-state index contributed by atoms with van der Waals surface area (Å²) in [6.45, 7) is 7.46. The van der Waals surface area contributed by atoms with E-state index in [2.05, 4.69) is 4.98 Å². The lowest BCUT2D eigenvalue weighted by molar-refractivity contribution is -0.137.